The summed E-state index contributed by atoms with van der Waals surface area (Å²) in [6, 6.07) is 7.75. The molecule has 0 saturated heterocycles. The summed E-state index contributed by atoms with van der Waals surface area (Å²) in [6.45, 7) is 0.919. The summed E-state index contributed by atoms with van der Waals surface area (Å²) in [5, 5.41) is 11.5. The van der Waals surface area contributed by atoms with Crippen molar-refractivity contribution in [2.24, 2.45) is 0 Å². The molecule has 1 aromatic carbocycles. The zero-order valence-electron chi connectivity index (χ0n) is 9.79. The van der Waals surface area contributed by atoms with Crippen molar-refractivity contribution in [2.75, 3.05) is 13.2 Å². The number of carbonyl (C=O) groups is 1. The third-order valence-electron chi connectivity index (χ3n) is 2.43. The van der Waals surface area contributed by atoms with E-state index in [0.29, 0.717) is 13.0 Å². The summed E-state index contributed by atoms with van der Waals surface area (Å²) < 4.78 is 1.02. The van der Waals surface area contributed by atoms with E-state index in [-0.39, 0.29) is 12.5 Å². The smallest absolute Gasteiger partial charge is 0.224 e. The van der Waals surface area contributed by atoms with Gasteiger partial charge in [0, 0.05) is 17.6 Å². The Hall–Kier alpha value is -0.870. The maximum atomic E-state index is 11.6. The monoisotopic (exact) mass is 299 g/mol. The van der Waals surface area contributed by atoms with Gasteiger partial charge in [-0.05, 0) is 37.0 Å². The van der Waals surface area contributed by atoms with E-state index in [1.807, 2.05) is 24.3 Å². The Labute approximate surface area is 110 Å². The second-order valence-corrected chi connectivity index (χ2v) is 4.85. The molecular formula is C13H18BrNO2. The molecule has 3 nitrogen and oxygen atoms in total. The lowest BCUT2D eigenvalue weighted by molar-refractivity contribution is -0.120. The molecular weight excluding hydrogens is 282 g/mol. The molecule has 0 radical (unpaired) electrons. The normalized spacial score (nSPS) is 10.2. The number of aliphatic hydroxyl groups is 1. The van der Waals surface area contributed by atoms with Gasteiger partial charge < -0.3 is 10.4 Å². The number of aliphatic hydroxyl groups excluding tert-OH is 1. The molecule has 0 aliphatic carbocycles. The highest BCUT2D eigenvalue weighted by Crippen LogP contribution is 2.10. The van der Waals surface area contributed by atoms with Gasteiger partial charge in [0.25, 0.3) is 0 Å². The fourth-order valence-corrected chi connectivity index (χ4v) is 1.76. The van der Waals surface area contributed by atoms with Crippen molar-refractivity contribution in [1.82, 2.24) is 5.32 Å². The summed E-state index contributed by atoms with van der Waals surface area (Å²) in [7, 11) is 0. The van der Waals surface area contributed by atoms with Gasteiger partial charge in [-0.15, -0.1) is 0 Å². The third kappa shape index (κ3) is 6.44. The number of hydrogen-bond acceptors (Lipinski definition) is 2. The van der Waals surface area contributed by atoms with Crippen LogP contribution in [-0.4, -0.2) is 24.2 Å². The van der Waals surface area contributed by atoms with Gasteiger partial charge in [-0.25, -0.2) is 0 Å². The van der Waals surface area contributed by atoms with Crippen LogP contribution in [0.2, 0.25) is 0 Å². The van der Waals surface area contributed by atoms with Gasteiger partial charge in [0.2, 0.25) is 5.91 Å². The number of halogens is 1. The van der Waals surface area contributed by atoms with Gasteiger partial charge in [0.15, 0.2) is 0 Å². The van der Waals surface area contributed by atoms with Crippen LogP contribution in [0.25, 0.3) is 0 Å². The second-order valence-electron chi connectivity index (χ2n) is 3.94. The number of nitrogens with one attached hydrogen (secondary N) is 1. The summed E-state index contributed by atoms with van der Waals surface area (Å²) in [5.41, 5.74) is 1.01. The topological polar surface area (TPSA) is 49.3 Å². The fraction of sp³-hybridized carbons (Fsp3) is 0.462. The first-order valence-electron chi connectivity index (χ1n) is 5.84. The van der Waals surface area contributed by atoms with Gasteiger partial charge in [-0.2, -0.15) is 0 Å². The Balaban J connectivity index is 2.18. The first-order chi connectivity index (χ1) is 8.22. The van der Waals surface area contributed by atoms with E-state index in [4.69, 9.17) is 5.11 Å². The van der Waals surface area contributed by atoms with Gasteiger partial charge in [0.05, 0.1) is 6.42 Å². The van der Waals surface area contributed by atoms with Crippen LogP contribution in [0, 0.1) is 0 Å². The van der Waals surface area contributed by atoms with Crippen molar-refractivity contribution in [3.63, 3.8) is 0 Å². The molecule has 0 saturated carbocycles. The van der Waals surface area contributed by atoms with E-state index in [2.05, 4.69) is 21.2 Å². The van der Waals surface area contributed by atoms with Crippen LogP contribution >= 0.6 is 15.9 Å². The molecule has 1 aromatic rings. The number of hydrogen-bond donors (Lipinski definition) is 2. The number of carbonyl (C=O) groups excluding carboxylic acids is 1. The lowest BCUT2D eigenvalue weighted by atomic mass is 10.1. The minimum Gasteiger partial charge on any atom is -0.396 e. The Morgan fingerprint density at radius 1 is 1.18 bits per heavy atom. The van der Waals surface area contributed by atoms with Crippen LogP contribution in [0.1, 0.15) is 24.8 Å². The molecule has 1 amide bonds. The van der Waals surface area contributed by atoms with E-state index in [0.717, 1.165) is 29.3 Å². The van der Waals surface area contributed by atoms with Crippen molar-refractivity contribution in [1.29, 1.82) is 0 Å². The Kier molecular flexibility index (Phi) is 6.89. The molecule has 17 heavy (non-hydrogen) atoms. The number of amides is 1. The molecule has 0 atom stereocenters. The number of benzene rings is 1. The average molecular weight is 300 g/mol. The van der Waals surface area contributed by atoms with Crippen molar-refractivity contribution in [3.8, 4) is 0 Å². The van der Waals surface area contributed by atoms with E-state index < -0.39 is 0 Å². The lowest BCUT2D eigenvalue weighted by Gasteiger charge is -2.05. The molecule has 0 aromatic heterocycles. The van der Waals surface area contributed by atoms with E-state index >= 15 is 0 Å². The van der Waals surface area contributed by atoms with Crippen LogP contribution in [0.4, 0.5) is 0 Å². The zero-order valence-corrected chi connectivity index (χ0v) is 11.4. The molecule has 0 spiro atoms. The van der Waals surface area contributed by atoms with E-state index in [1.54, 1.807) is 0 Å². The molecule has 0 aliphatic heterocycles. The molecule has 4 heteroatoms. The fourth-order valence-electron chi connectivity index (χ4n) is 1.49. The Bertz CT molecular complexity index is 338. The maximum absolute atomic E-state index is 11.6. The van der Waals surface area contributed by atoms with E-state index in [1.165, 1.54) is 0 Å². The van der Waals surface area contributed by atoms with Crippen molar-refractivity contribution in [3.05, 3.63) is 34.3 Å². The quantitative estimate of drug-likeness (QED) is 0.759. The largest absolute Gasteiger partial charge is 0.396 e. The van der Waals surface area contributed by atoms with Crippen LogP contribution in [-0.2, 0) is 11.2 Å². The number of unbranched alkanes of at least 4 members (excludes halogenated alkanes) is 2. The summed E-state index contributed by atoms with van der Waals surface area (Å²) in [4.78, 5) is 11.6. The van der Waals surface area contributed by atoms with Crippen LogP contribution in [0.5, 0.6) is 0 Å². The molecule has 1 rings (SSSR count). The third-order valence-corrected chi connectivity index (χ3v) is 2.96. The van der Waals surface area contributed by atoms with E-state index in [9.17, 15) is 4.79 Å². The molecule has 94 valence electrons. The lowest BCUT2D eigenvalue weighted by Crippen LogP contribution is -2.26. The molecule has 0 bridgehead atoms. The molecule has 0 unspecified atom stereocenters. The highest BCUT2D eigenvalue weighted by molar-refractivity contribution is 9.10. The Morgan fingerprint density at radius 2 is 1.88 bits per heavy atom. The summed E-state index contributed by atoms with van der Waals surface area (Å²) >= 11 is 3.36. The average Bonchev–Trinajstić information content (AvgIpc) is 2.32. The van der Waals surface area contributed by atoms with Gasteiger partial charge in [-0.1, -0.05) is 28.1 Å². The van der Waals surface area contributed by atoms with Gasteiger partial charge >= 0.3 is 0 Å². The summed E-state index contributed by atoms with van der Waals surface area (Å²) in [5.74, 6) is 0.0521. The highest BCUT2D eigenvalue weighted by atomic mass is 79.9. The highest BCUT2D eigenvalue weighted by Gasteiger charge is 2.02. The van der Waals surface area contributed by atoms with Crippen LogP contribution < -0.4 is 5.32 Å². The second kappa shape index (κ2) is 8.25. The minimum absolute atomic E-state index is 0.0521. The van der Waals surface area contributed by atoms with Gasteiger partial charge in [-0.3, -0.25) is 4.79 Å². The van der Waals surface area contributed by atoms with Crippen molar-refractivity contribution < 1.29 is 9.90 Å². The maximum Gasteiger partial charge on any atom is 0.224 e. The standard InChI is InChI=1S/C13H18BrNO2/c14-12-6-4-11(5-7-12)10-13(17)15-8-2-1-3-9-16/h4-7,16H,1-3,8-10H2,(H,15,17). The minimum atomic E-state index is 0.0521. The zero-order chi connectivity index (χ0) is 12.5. The first-order valence-corrected chi connectivity index (χ1v) is 6.63. The SMILES string of the molecule is O=C(Cc1ccc(Br)cc1)NCCCCCO. The van der Waals surface area contributed by atoms with Crippen molar-refractivity contribution >= 4 is 21.8 Å². The molecule has 0 fully saturated rings. The first kappa shape index (κ1) is 14.2. The number of rotatable bonds is 7. The Morgan fingerprint density at radius 3 is 2.53 bits per heavy atom. The predicted octanol–water partition coefficient (Wildman–Crippen LogP) is 2.27. The molecule has 0 heterocycles. The molecule has 0 aliphatic rings. The molecule has 2 N–H and O–H groups in total. The van der Waals surface area contributed by atoms with Crippen LogP contribution in [0.15, 0.2) is 28.7 Å². The van der Waals surface area contributed by atoms with Crippen molar-refractivity contribution in [2.45, 2.75) is 25.7 Å². The predicted molar refractivity (Wildman–Crippen MR) is 71.8 cm³/mol. The van der Waals surface area contributed by atoms with Crippen LogP contribution in [0.3, 0.4) is 0 Å². The summed E-state index contributed by atoms with van der Waals surface area (Å²) in [6.07, 6.45) is 3.11. The van der Waals surface area contributed by atoms with Gasteiger partial charge in [0.1, 0.15) is 0 Å².